The number of hydrogen-bond donors (Lipinski definition) is 4. The number of unbranched alkanes of at least 4 members (excludes halogenated alkanes) is 4. The minimum atomic E-state index is -0.330. The Morgan fingerprint density at radius 1 is 0.792 bits per heavy atom. The van der Waals surface area contributed by atoms with E-state index in [1.165, 1.54) is 0 Å². The molecule has 2 unspecified atom stereocenters. The standard InChI is InChI=1S/C16H34N4O2S2/c1-3-5-7-9-19-13(15(17)21)11-23-24-12-14(16(18)22)20-10-8-6-4-2/h13-14,19-20H,3-12H2,1-2H3,(H2,17,21)(H2,18,22). The molecule has 2 atom stereocenters. The van der Waals surface area contributed by atoms with Crippen molar-refractivity contribution in [2.45, 2.75) is 64.5 Å². The number of amides is 2. The van der Waals surface area contributed by atoms with E-state index in [-0.39, 0.29) is 23.9 Å². The van der Waals surface area contributed by atoms with Crippen LogP contribution in [-0.4, -0.2) is 48.5 Å². The number of nitrogens with two attached hydrogens (primary N) is 2. The van der Waals surface area contributed by atoms with Gasteiger partial charge in [-0.1, -0.05) is 61.1 Å². The van der Waals surface area contributed by atoms with Gasteiger partial charge in [-0.25, -0.2) is 0 Å². The Bertz CT molecular complexity index is 314. The van der Waals surface area contributed by atoms with Crippen molar-refractivity contribution in [1.82, 2.24) is 10.6 Å². The van der Waals surface area contributed by atoms with Gasteiger partial charge in [0.2, 0.25) is 11.8 Å². The molecule has 0 radical (unpaired) electrons. The van der Waals surface area contributed by atoms with Crippen LogP contribution in [0, 0.1) is 0 Å². The first-order chi connectivity index (χ1) is 11.5. The van der Waals surface area contributed by atoms with E-state index in [4.69, 9.17) is 11.5 Å². The second-order valence-electron chi connectivity index (χ2n) is 5.80. The predicted octanol–water partition coefficient (Wildman–Crippen LogP) is 1.64. The van der Waals surface area contributed by atoms with E-state index in [0.717, 1.165) is 51.6 Å². The molecule has 6 N–H and O–H groups in total. The molecule has 2 amide bonds. The highest BCUT2D eigenvalue weighted by Gasteiger charge is 2.17. The minimum Gasteiger partial charge on any atom is -0.368 e. The third-order valence-corrected chi connectivity index (χ3v) is 6.00. The summed E-state index contributed by atoms with van der Waals surface area (Å²) in [6.07, 6.45) is 6.67. The second-order valence-corrected chi connectivity index (χ2v) is 8.35. The number of primary amides is 2. The Labute approximate surface area is 154 Å². The summed E-state index contributed by atoms with van der Waals surface area (Å²) in [4.78, 5) is 22.9. The second kappa shape index (κ2) is 16.1. The van der Waals surface area contributed by atoms with Crippen LogP contribution in [-0.2, 0) is 9.59 Å². The van der Waals surface area contributed by atoms with E-state index < -0.39 is 0 Å². The molecule has 0 aliphatic rings. The van der Waals surface area contributed by atoms with Crippen LogP contribution in [0.25, 0.3) is 0 Å². The summed E-state index contributed by atoms with van der Waals surface area (Å²) in [6, 6.07) is -0.659. The van der Waals surface area contributed by atoms with E-state index in [1.54, 1.807) is 21.6 Å². The molecule has 0 aromatic carbocycles. The monoisotopic (exact) mass is 378 g/mol. The number of nitrogens with one attached hydrogen (secondary N) is 2. The normalized spacial score (nSPS) is 13.6. The summed E-state index contributed by atoms with van der Waals surface area (Å²) in [7, 11) is 3.10. The molecule has 0 aromatic heterocycles. The summed E-state index contributed by atoms with van der Waals surface area (Å²) in [5.41, 5.74) is 10.9. The summed E-state index contributed by atoms with van der Waals surface area (Å²) in [5, 5.41) is 6.39. The van der Waals surface area contributed by atoms with Gasteiger partial charge in [0, 0.05) is 11.5 Å². The highest BCUT2D eigenvalue weighted by Crippen LogP contribution is 2.23. The molecule has 6 nitrogen and oxygen atoms in total. The highest BCUT2D eigenvalue weighted by molar-refractivity contribution is 8.76. The van der Waals surface area contributed by atoms with Crippen LogP contribution in [0.15, 0.2) is 0 Å². The molecule has 0 saturated carbocycles. The van der Waals surface area contributed by atoms with Crippen molar-refractivity contribution in [3.8, 4) is 0 Å². The molecular formula is C16H34N4O2S2. The zero-order chi connectivity index (χ0) is 18.2. The van der Waals surface area contributed by atoms with Gasteiger partial charge in [-0.05, 0) is 25.9 Å². The first-order valence-corrected chi connectivity index (χ1v) is 11.3. The molecule has 8 heteroatoms. The molecule has 0 saturated heterocycles. The van der Waals surface area contributed by atoms with Crippen molar-refractivity contribution < 1.29 is 9.59 Å². The molecular weight excluding hydrogens is 344 g/mol. The van der Waals surface area contributed by atoms with Crippen molar-refractivity contribution in [2.24, 2.45) is 11.5 Å². The Morgan fingerprint density at radius 2 is 1.17 bits per heavy atom. The van der Waals surface area contributed by atoms with Gasteiger partial charge in [-0.3, -0.25) is 9.59 Å². The minimum absolute atomic E-state index is 0.330. The highest BCUT2D eigenvalue weighted by atomic mass is 33.1. The van der Waals surface area contributed by atoms with Crippen molar-refractivity contribution in [2.75, 3.05) is 24.6 Å². The molecule has 0 spiro atoms. The summed E-state index contributed by atoms with van der Waals surface area (Å²) >= 11 is 0. The van der Waals surface area contributed by atoms with E-state index in [1.807, 2.05) is 0 Å². The maximum atomic E-state index is 11.5. The molecule has 0 bridgehead atoms. The molecule has 0 aromatic rings. The van der Waals surface area contributed by atoms with Crippen LogP contribution in [0.4, 0.5) is 0 Å². The Kier molecular flexibility index (Phi) is 15.8. The Morgan fingerprint density at radius 3 is 1.46 bits per heavy atom. The van der Waals surface area contributed by atoms with Crippen LogP contribution in [0.3, 0.4) is 0 Å². The Balaban J connectivity index is 3.96. The largest absolute Gasteiger partial charge is 0.368 e. The van der Waals surface area contributed by atoms with E-state index in [0.29, 0.717) is 11.5 Å². The third kappa shape index (κ3) is 12.9. The van der Waals surface area contributed by atoms with Gasteiger partial charge in [-0.15, -0.1) is 0 Å². The molecule has 0 aliphatic heterocycles. The third-order valence-electron chi connectivity index (χ3n) is 3.58. The molecule has 0 heterocycles. The van der Waals surface area contributed by atoms with Gasteiger partial charge in [0.25, 0.3) is 0 Å². The zero-order valence-electron chi connectivity index (χ0n) is 15.0. The smallest absolute Gasteiger partial charge is 0.235 e. The molecule has 142 valence electrons. The fourth-order valence-corrected chi connectivity index (χ4v) is 4.44. The van der Waals surface area contributed by atoms with Crippen LogP contribution in [0.2, 0.25) is 0 Å². The SMILES string of the molecule is CCCCCNC(CSSCC(NCCCCC)C(N)=O)C(N)=O. The van der Waals surface area contributed by atoms with E-state index >= 15 is 0 Å². The maximum absolute atomic E-state index is 11.5. The number of carbonyl (C=O) groups is 2. The van der Waals surface area contributed by atoms with Gasteiger partial charge >= 0.3 is 0 Å². The summed E-state index contributed by atoms with van der Waals surface area (Å²) < 4.78 is 0. The lowest BCUT2D eigenvalue weighted by Crippen LogP contribution is -2.44. The lowest BCUT2D eigenvalue weighted by atomic mass is 10.2. The van der Waals surface area contributed by atoms with Crippen molar-refractivity contribution in [1.29, 1.82) is 0 Å². The maximum Gasteiger partial charge on any atom is 0.235 e. The van der Waals surface area contributed by atoms with E-state index in [9.17, 15) is 9.59 Å². The average molecular weight is 379 g/mol. The topological polar surface area (TPSA) is 110 Å². The predicted molar refractivity (Wildman–Crippen MR) is 106 cm³/mol. The first kappa shape index (κ1) is 23.6. The van der Waals surface area contributed by atoms with Crippen LogP contribution >= 0.6 is 21.6 Å². The fraction of sp³-hybridized carbons (Fsp3) is 0.875. The average Bonchev–Trinajstić information content (AvgIpc) is 2.54. The van der Waals surface area contributed by atoms with E-state index in [2.05, 4.69) is 24.5 Å². The first-order valence-electron chi connectivity index (χ1n) is 8.82. The lowest BCUT2D eigenvalue weighted by molar-refractivity contribution is -0.120. The van der Waals surface area contributed by atoms with Gasteiger partial charge in [-0.2, -0.15) is 0 Å². The fourth-order valence-electron chi connectivity index (χ4n) is 2.02. The summed E-state index contributed by atoms with van der Waals surface area (Å²) in [5.74, 6) is 0.522. The number of hydrogen-bond acceptors (Lipinski definition) is 6. The summed E-state index contributed by atoms with van der Waals surface area (Å²) in [6.45, 7) is 5.89. The molecule has 24 heavy (non-hydrogen) atoms. The van der Waals surface area contributed by atoms with Gasteiger partial charge in [0.05, 0.1) is 12.1 Å². The molecule has 0 aliphatic carbocycles. The van der Waals surface area contributed by atoms with Crippen molar-refractivity contribution in [3.05, 3.63) is 0 Å². The van der Waals surface area contributed by atoms with Crippen LogP contribution < -0.4 is 22.1 Å². The van der Waals surface area contributed by atoms with Crippen LogP contribution in [0.1, 0.15) is 52.4 Å². The van der Waals surface area contributed by atoms with Gasteiger partial charge in [0.15, 0.2) is 0 Å². The molecule has 0 rings (SSSR count). The molecule has 0 fully saturated rings. The number of carbonyl (C=O) groups excluding carboxylic acids is 2. The van der Waals surface area contributed by atoms with Gasteiger partial charge < -0.3 is 22.1 Å². The number of rotatable bonds is 17. The van der Waals surface area contributed by atoms with Crippen molar-refractivity contribution in [3.63, 3.8) is 0 Å². The quantitative estimate of drug-likeness (QED) is 0.226. The van der Waals surface area contributed by atoms with Crippen molar-refractivity contribution >= 4 is 33.4 Å². The zero-order valence-corrected chi connectivity index (χ0v) is 16.6. The lowest BCUT2D eigenvalue weighted by Gasteiger charge is -2.17. The Hall–Kier alpha value is -0.440. The van der Waals surface area contributed by atoms with Crippen LogP contribution in [0.5, 0.6) is 0 Å². The van der Waals surface area contributed by atoms with Gasteiger partial charge in [0.1, 0.15) is 0 Å².